The van der Waals surface area contributed by atoms with Gasteiger partial charge in [0.05, 0.1) is 13.1 Å². The number of rotatable bonds is 5. The Hall–Kier alpha value is -1.35. The van der Waals surface area contributed by atoms with E-state index in [4.69, 9.17) is 0 Å². The Labute approximate surface area is 134 Å². The second-order valence-corrected chi connectivity index (χ2v) is 7.16. The van der Waals surface area contributed by atoms with E-state index in [0.29, 0.717) is 0 Å². The standard InChI is InChI=1S/C19H28N2O/c1-16(21-13-7-8-14-21)18(22)20-15-19(11-5-6-12-19)17-9-3-2-4-10-17/h2-4,9-10,16H,5-8,11-15H2,1H3,(H,20,22)/p+1. The molecule has 2 aliphatic rings. The number of quaternary nitrogens is 1. The molecule has 2 N–H and O–H groups in total. The first-order valence-electron chi connectivity index (χ1n) is 8.89. The van der Waals surface area contributed by atoms with E-state index in [1.54, 1.807) is 0 Å². The molecular weight excluding hydrogens is 272 g/mol. The largest absolute Gasteiger partial charge is 0.350 e. The molecule has 120 valence electrons. The highest BCUT2D eigenvalue weighted by Crippen LogP contribution is 2.40. The number of benzene rings is 1. The average Bonchev–Trinajstić information content (AvgIpc) is 3.25. The molecule has 1 aromatic rings. The van der Waals surface area contributed by atoms with E-state index in [0.717, 1.165) is 19.6 Å². The maximum atomic E-state index is 12.5. The van der Waals surface area contributed by atoms with Crippen molar-refractivity contribution in [2.75, 3.05) is 19.6 Å². The Balaban J connectivity index is 1.64. The third-order valence-electron chi connectivity index (χ3n) is 5.80. The quantitative estimate of drug-likeness (QED) is 0.852. The molecule has 1 saturated carbocycles. The molecule has 0 bridgehead atoms. The van der Waals surface area contributed by atoms with Gasteiger partial charge in [0.1, 0.15) is 0 Å². The number of hydrogen-bond acceptors (Lipinski definition) is 1. The first-order chi connectivity index (χ1) is 10.7. The van der Waals surface area contributed by atoms with Crippen LogP contribution in [0.25, 0.3) is 0 Å². The normalized spacial score (nSPS) is 22.6. The van der Waals surface area contributed by atoms with Crippen LogP contribution in [0.1, 0.15) is 51.0 Å². The van der Waals surface area contributed by atoms with E-state index in [2.05, 4.69) is 42.6 Å². The molecule has 0 aromatic heterocycles. The summed E-state index contributed by atoms with van der Waals surface area (Å²) in [6.45, 7) is 5.18. The van der Waals surface area contributed by atoms with Gasteiger partial charge in [0.2, 0.25) is 0 Å². The Morgan fingerprint density at radius 2 is 1.77 bits per heavy atom. The van der Waals surface area contributed by atoms with Crippen molar-refractivity contribution in [2.45, 2.75) is 56.9 Å². The van der Waals surface area contributed by atoms with Gasteiger partial charge >= 0.3 is 0 Å². The van der Waals surface area contributed by atoms with Crippen molar-refractivity contribution in [3.63, 3.8) is 0 Å². The molecule has 3 rings (SSSR count). The predicted molar refractivity (Wildman–Crippen MR) is 89.0 cm³/mol. The lowest BCUT2D eigenvalue weighted by atomic mass is 9.79. The van der Waals surface area contributed by atoms with Gasteiger partial charge in [-0.05, 0) is 25.3 Å². The van der Waals surface area contributed by atoms with Crippen molar-refractivity contribution in [2.24, 2.45) is 0 Å². The van der Waals surface area contributed by atoms with Crippen LogP contribution in [0.3, 0.4) is 0 Å². The van der Waals surface area contributed by atoms with E-state index in [-0.39, 0.29) is 17.4 Å². The molecule has 1 atom stereocenters. The Morgan fingerprint density at radius 3 is 2.41 bits per heavy atom. The fourth-order valence-corrected chi connectivity index (χ4v) is 4.27. The topological polar surface area (TPSA) is 33.5 Å². The van der Waals surface area contributed by atoms with E-state index < -0.39 is 0 Å². The van der Waals surface area contributed by atoms with E-state index in [1.165, 1.54) is 49.0 Å². The Kier molecular flexibility index (Phi) is 4.82. The number of carbonyl (C=O) groups excluding carboxylic acids is 1. The van der Waals surface area contributed by atoms with Crippen LogP contribution in [0.15, 0.2) is 30.3 Å². The molecule has 1 unspecified atom stereocenters. The van der Waals surface area contributed by atoms with Crippen LogP contribution in [0, 0.1) is 0 Å². The second-order valence-electron chi connectivity index (χ2n) is 7.16. The number of nitrogens with one attached hydrogen (secondary N) is 2. The van der Waals surface area contributed by atoms with Crippen LogP contribution in [-0.4, -0.2) is 31.6 Å². The lowest BCUT2D eigenvalue weighted by Gasteiger charge is -2.31. The third-order valence-corrected chi connectivity index (χ3v) is 5.80. The summed E-state index contributed by atoms with van der Waals surface area (Å²) >= 11 is 0. The van der Waals surface area contributed by atoms with Crippen LogP contribution in [-0.2, 0) is 10.2 Å². The van der Waals surface area contributed by atoms with Gasteiger partial charge in [-0.15, -0.1) is 0 Å². The molecule has 1 heterocycles. The number of carbonyl (C=O) groups is 1. The fourth-order valence-electron chi connectivity index (χ4n) is 4.27. The smallest absolute Gasteiger partial charge is 0.278 e. The highest BCUT2D eigenvalue weighted by atomic mass is 16.2. The molecule has 22 heavy (non-hydrogen) atoms. The highest BCUT2D eigenvalue weighted by Gasteiger charge is 2.37. The number of likely N-dealkylation sites (tertiary alicyclic amines) is 1. The molecular formula is C19H29N2O+. The summed E-state index contributed by atoms with van der Waals surface area (Å²) in [5, 5.41) is 3.28. The maximum absolute atomic E-state index is 12.5. The first kappa shape index (κ1) is 15.5. The summed E-state index contributed by atoms with van der Waals surface area (Å²) in [4.78, 5) is 14.0. The first-order valence-corrected chi connectivity index (χ1v) is 8.89. The predicted octanol–water partition coefficient (Wildman–Crippen LogP) is 1.68. The molecule has 3 nitrogen and oxygen atoms in total. The van der Waals surface area contributed by atoms with Crippen molar-refractivity contribution in [1.82, 2.24) is 5.32 Å². The molecule has 1 aliphatic heterocycles. The summed E-state index contributed by atoms with van der Waals surface area (Å²) < 4.78 is 0. The minimum atomic E-state index is 0.0942. The second kappa shape index (κ2) is 6.82. The average molecular weight is 301 g/mol. The molecule has 3 heteroatoms. The summed E-state index contributed by atoms with van der Waals surface area (Å²) in [6.07, 6.45) is 7.47. The van der Waals surface area contributed by atoms with Crippen LogP contribution in [0.4, 0.5) is 0 Å². The third kappa shape index (κ3) is 3.19. The van der Waals surface area contributed by atoms with Gasteiger partial charge in [0.15, 0.2) is 6.04 Å². The number of amides is 1. The minimum absolute atomic E-state index is 0.0942. The van der Waals surface area contributed by atoms with Crippen LogP contribution < -0.4 is 10.2 Å². The maximum Gasteiger partial charge on any atom is 0.278 e. The lowest BCUT2D eigenvalue weighted by Crippen LogP contribution is -3.15. The lowest BCUT2D eigenvalue weighted by molar-refractivity contribution is -0.901. The van der Waals surface area contributed by atoms with Crippen LogP contribution >= 0.6 is 0 Å². The molecule has 1 saturated heterocycles. The van der Waals surface area contributed by atoms with Gasteiger partial charge in [-0.3, -0.25) is 4.79 Å². The molecule has 1 aromatic carbocycles. The van der Waals surface area contributed by atoms with Crippen molar-refractivity contribution >= 4 is 5.91 Å². The van der Waals surface area contributed by atoms with Gasteiger partial charge in [-0.1, -0.05) is 43.2 Å². The zero-order valence-electron chi connectivity index (χ0n) is 13.7. The molecule has 2 fully saturated rings. The van der Waals surface area contributed by atoms with Gasteiger partial charge in [0, 0.05) is 24.8 Å². The monoisotopic (exact) mass is 301 g/mol. The summed E-state index contributed by atoms with van der Waals surface area (Å²) in [6, 6.07) is 10.9. The van der Waals surface area contributed by atoms with Crippen LogP contribution in [0.5, 0.6) is 0 Å². The molecule has 1 aliphatic carbocycles. The number of hydrogen-bond donors (Lipinski definition) is 2. The van der Waals surface area contributed by atoms with E-state index in [9.17, 15) is 4.79 Å². The molecule has 0 radical (unpaired) electrons. The Bertz CT molecular complexity index is 487. The fraction of sp³-hybridized carbons (Fsp3) is 0.632. The molecule has 1 amide bonds. The van der Waals surface area contributed by atoms with Crippen molar-refractivity contribution < 1.29 is 9.69 Å². The zero-order chi connectivity index (χ0) is 15.4. The van der Waals surface area contributed by atoms with Crippen molar-refractivity contribution in [3.05, 3.63) is 35.9 Å². The van der Waals surface area contributed by atoms with E-state index in [1.807, 2.05) is 0 Å². The van der Waals surface area contributed by atoms with Crippen molar-refractivity contribution in [1.29, 1.82) is 0 Å². The van der Waals surface area contributed by atoms with Crippen LogP contribution in [0.2, 0.25) is 0 Å². The Morgan fingerprint density at radius 1 is 1.14 bits per heavy atom. The van der Waals surface area contributed by atoms with Crippen molar-refractivity contribution in [3.8, 4) is 0 Å². The van der Waals surface area contributed by atoms with Gasteiger partial charge in [0.25, 0.3) is 5.91 Å². The summed E-state index contributed by atoms with van der Waals surface area (Å²) in [7, 11) is 0. The summed E-state index contributed by atoms with van der Waals surface area (Å²) in [5.74, 6) is 0.235. The minimum Gasteiger partial charge on any atom is -0.350 e. The molecule has 0 spiro atoms. The van der Waals surface area contributed by atoms with E-state index >= 15 is 0 Å². The van der Waals surface area contributed by atoms with Gasteiger partial charge in [-0.2, -0.15) is 0 Å². The SMILES string of the molecule is CC(C(=O)NCC1(c2ccccc2)CCCC1)[NH+]1CCCC1. The summed E-state index contributed by atoms with van der Waals surface area (Å²) in [5.41, 5.74) is 1.56. The highest BCUT2D eigenvalue weighted by molar-refractivity contribution is 5.80. The van der Waals surface area contributed by atoms with Gasteiger partial charge in [-0.25, -0.2) is 0 Å². The van der Waals surface area contributed by atoms with Gasteiger partial charge < -0.3 is 10.2 Å². The zero-order valence-corrected chi connectivity index (χ0v) is 13.7.